The van der Waals surface area contributed by atoms with Crippen molar-refractivity contribution < 1.29 is 27.2 Å². The molecule has 0 aliphatic rings. The molecule has 0 aliphatic heterocycles. The van der Waals surface area contributed by atoms with Crippen molar-refractivity contribution in [1.29, 1.82) is 0 Å². The summed E-state index contributed by atoms with van der Waals surface area (Å²) in [6.45, 7) is 3.27. The number of benzene rings is 3. The lowest BCUT2D eigenvalue weighted by atomic mass is 9.99. The van der Waals surface area contributed by atoms with Crippen LogP contribution in [0, 0.1) is 5.82 Å². The first-order chi connectivity index (χ1) is 15.0. The molecule has 0 saturated heterocycles. The molecule has 0 bridgehead atoms. The Balaban J connectivity index is 1.67. The second-order valence-corrected chi connectivity index (χ2v) is 7.53. The van der Waals surface area contributed by atoms with E-state index in [4.69, 9.17) is 0 Å². The minimum atomic E-state index is -4.77. The Hall–Kier alpha value is -3.48. The summed E-state index contributed by atoms with van der Waals surface area (Å²) in [7, 11) is 0. The van der Waals surface area contributed by atoms with Crippen LogP contribution in [0.5, 0.6) is 0 Å². The third-order valence-corrected chi connectivity index (χ3v) is 5.12. The lowest BCUT2D eigenvalue weighted by molar-refractivity contribution is -0.140. The Morgan fingerprint density at radius 2 is 1.50 bits per heavy atom. The Kier molecular flexibility index (Phi) is 6.77. The predicted octanol–water partition coefficient (Wildman–Crippen LogP) is 6.13. The van der Waals surface area contributed by atoms with Crippen molar-refractivity contribution in [2.75, 3.05) is 0 Å². The van der Waals surface area contributed by atoms with E-state index in [0.717, 1.165) is 23.3 Å². The lowest BCUT2D eigenvalue weighted by Gasteiger charge is -2.15. The minimum absolute atomic E-state index is 0.0478. The van der Waals surface area contributed by atoms with E-state index in [1.165, 1.54) is 13.0 Å². The van der Waals surface area contributed by atoms with Crippen molar-refractivity contribution in [3.63, 3.8) is 0 Å². The van der Waals surface area contributed by atoms with E-state index >= 15 is 0 Å². The average Bonchev–Trinajstić information content (AvgIpc) is 2.73. The Labute approximate surface area is 183 Å². The zero-order valence-corrected chi connectivity index (χ0v) is 17.5. The molecule has 32 heavy (non-hydrogen) atoms. The number of Topliss-reactive ketones (excluding diaryl/α,β-unsaturated/α-hetero) is 1. The standard InChI is InChI=1S/C25H21F4NO2/c1-15(30-24(32)13-17-3-5-19(6-4-17)16(2)31)18-7-9-20(10-8-18)21-11-12-23(26)22(14-21)25(27,28)29/h3-12,14-15H,13H2,1-2H3,(H,30,32)/t15-/m0/s1. The lowest BCUT2D eigenvalue weighted by Crippen LogP contribution is -2.28. The number of carbonyl (C=O) groups excluding carboxylic acids is 2. The van der Waals surface area contributed by atoms with Gasteiger partial charge in [0.1, 0.15) is 5.82 Å². The van der Waals surface area contributed by atoms with Crippen molar-refractivity contribution in [2.45, 2.75) is 32.5 Å². The summed E-state index contributed by atoms with van der Waals surface area (Å²) in [4.78, 5) is 23.7. The largest absolute Gasteiger partial charge is 0.419 e. The van der Waals surface area contributed by atoms with Gasteiger partial charge in [-0.3, -0.25) is 9.59 Å². The maximum Gasteiger partial charge on any atom is 0.419 e. The number of halogens is 4. The van der Waals surface area contributed by atoms with Gasteiger partial charge >= 0.3 is 6.18 Å². The zero-order chi connectivity index (χ0) is 23.5. The fourth-order valence-corrected chi connectivity index (χ4v) is 3.30. The maximum absolute atomic E-state index is 13.5. The highest BCUT2D eigenvalue weighted by Gasteiger charge is 2.34. The summed E-state index contributed by atoms with van der Waals surface area (Å²) in [5, 5.41) is 2.87. The van der Waals surface area contributed by atoms with Gasteiger partial charge < -0.3 is 5.32 Å². The first kappa shape index (κ1) is 23.2. The zero-order valence-electron chi connectivity index (χ0n) is 17.5. The van der Waals surface area contributed by atoms with Crippen molar-refractivity contribution >= 4 is 11.7 Å². The van der Waals surface area contributed by atoms with Gasteiger partial charge in [-0.2, -0.15) is 13.2 Å². The number of rotatable bonds is 6. The summed E-state index contributed by atoms with van der Waals surface area (Å²) in [6, 6.07) is 16.0. The van der Waals surface area contributed by atoms with Crippen LogP contribution in [0.4, 0.5) is 17.6 Å². The summed E-state index contributed by atoms with van der Waals surface area (Å²) in [5.41, 5.74) is 1.56. The van der Waals surface area contributed by atoms with Crippen LogP contribution in [-0.4, -0.2) is 11.7 Å². The highest BCUT2D eigenvalue weighted by atomic mass is 19.4. The van der Waals surface area contributed by atoms with Crippen LogP contribution in [0.3, 0.4) is 0 Å². The third kappa shape index (κ3) is 5.60. The molecule has 3 rings (SSSR count). The highest BCUT2D eigenvalue weighted by Crippen LogP contribution is 2.34. The van der Waals surface area contributed by atoms with Crippen LogP contribution in [0.2, 0.25) is 0 Å². The molecule has 1 atom stereocenters. The first-order valence-electron chi connectivity index (χ1n) is 9.91. The number of nitrogens with one attached hydrogen (secondary N) is 1. The molecule has 0 aromatic heterocycles. The predicted molar refractivity (Wildman–Crippen MR) is 114 cm³/mol. The van der Waals surface area contributed by atoms with Crippen LogP contribution in [0.25, 0.3) is 11.1 Å². The number of ketones is 1. The average molecular weight is 443 g/mol. The van der Waals surface area contributed by atoms with E-state index in [1.807, 2.05) is 0 Å². The Morgan fingerprint density at radius 1 is 0.906 bits per heavy atom. The van der Waals surface area contributed by atoms with Crippen LogP contribution in [-0.2, 0) is 17.4 Å². The van der Waals surface area contributed by atoms with Crippen LogP contribution in [0.15, 0.2) is 66.7 Å². The number of carbonyl (C=O) groups is 2. The van der Waals surface area contributed by atoms with Gasteiger partial charge in [0.15, 0.2) is 5.78 Å². The second kappa shape index (κ2) is 9.34. The molecule has 0 unspecified atom stereocenters. The molecule has 3 aromatic carbocycles. The molecular formula is C25H21F4NO2. The molecule has 0 saturated carbocycles. The van der Waals surface area contributed by atoms with E-state index in [1.54, 1.807) is 55.5 Å². The van der Waals surface area contributed by atoms with Crippen molar-refractivity contribution in [2.24, 2.45) is 0 Å². The topological polar surface area (TPSA) is 46.2 Å². The van der Waals surface area contributed by atoms with Gasteiger partial charge in [-0.15, -0.1) is 0 Å². The van der Waals surface area contributed by atoms with Gasteiger partial charge in [0.25, 0.3) is 0 Å². The molecule has 166 valence electrons. The van der Waals surface area contributed by atoms with Crippen LogP contribution in [0.1, 0.15) is 46.9 Å². The molecule has 1 N–H and O–H groups in total. The van der Waals surface area contributed by atoms with Crippen molar-refractivity contribution in [1.82, 2.24) is 5.32 Å². The number of amides is 1. The van der Waals surface area contributed by atoms with Gasteiger partial charge in [-0.05, 0) is 48.2 Å². The molecule has 3 nitrogen and oxygen atoms in total. The van der Waals surface area contributed by atoms with E-state index in [0.29, 0.717) is 11.1 Å². The van der Waals surface area contributed by atoms with E-state index in [2.05, 4.69) is 5.32 Å². The van der Waals surface area contributed by atoms with E-state index < -0.39 is 17.6 Å². The van der Waals surface area contributed by atoms with Gasteiger partial charge in [0.2, 0.25) is 5.91 Å². The molecule has 0 aliphatic carbocycles. The molecular weight excluding hydrogens is 422 g/mol. The Bertz CT molecular complexity index is 1120. The Morgan fingerprint density at radius 3 is 2.06 bits per heavy atom. The second-order valence-electron chi connectivity index (χ2n) is 7.53. The molecule has 0 radical (unpaired) electrons. The summed E-state index contributed by atoms with van der Waals surface area (Å²) in [5.74, 6) is -1.57. The van der Waals surface area contributed by atoms with E-state index in [-0.39, 0.29) is 29.7 Å². The smallest absolute Gasteiger partial charge is 0.349 e. The monoisotopic (exact) mass is 443 g/mol. The minimum Gasteiger partial charge on any atom is -0.349 e. The number of hydrogen-bond donors (Lipinski definition) is 1. The maximum atomic E-state index is 13.5. The fraction of sp³-hybridized carbons (Fsp3) is 0.200. The molecule has 7 heteroatoms. The first-order valence-corrected chi connectivity index (χ1v) is 9.91. The fourth-order valence-electron chi connectivity index (χ4n) is 3.30. The van der Waals surface area contributed by atoms with Crippen LogP contribution >= 0.6 is 0 Å². The molecule has 0 fully saturated rings. The summed E-state index contributed by atoms with van der Waals surface area (Å²) >= 11 is 0. The van der Waals surface area contributed by atoms with Crippen LogP contribution < -0.4 is 5.32 Å². The van der Waals surface area contributed by atoms with Gasteiger partial charge in [-0.25, -0.2) is 4.39 Å². The molecule has 3 aromatic rings. The van der Waals surface area contributed by atoms with E-state index in [9.17, 15) is 27.2 Å². The van der Waals surface area contributed by atoms with Crippen molar-refractivity contribution in [3.8, 4) is 11.1 Å². The van der Waals surface area contributed by atoms with Gasteiger partial charge in [0.05, 0.1) is 18.0 Å². The normalized spacial score (nSPS) is 12.3. The molecule has 0 heterocycles. The van der Waals surface area contributed by atoms with Gasteiger partial charge in [-0.1, -0.05) is 54.6 Å². The van der Waals surface area contributed by atoms with Crippen molar-refractivity contribution in [3.05, 3.63) is 94.8 Å². The van der Waals surface area contributed by atoms with Gasteiger partial charge in [0, 0.05) is 5.56 Å². The summed E-state index contributed by atoms with van der Waals surface area (Å²) < 4.78 is 52.4. The number of hydrogen-bond acceptors (Lipinski definition) is 2. The number of alkyl halides is 3. The molecule has 1 amide bonds. The summed E-state index contributed by atoms with van der Waals surface area (Å²) in [6.07, 6.45) is -4.62. The third-order valence-electron chi connectivity index (χ3n) is 5.12. The highest BCUT2D eigenvalue weighted by molar-refractivity contribution is 5.94. The SMILES string of the molecule is CC(=O)c1ccc(CC(=O)N[C@@H](C)c2ccc(-c3ccc(F)c(C(F)(F)F)c3)cc2)cc1. The quantitative estimate of drug-likeness (QED) is 0.368. The molecule has 0 spiro atoms.